The average Bonchev–Trinajstić information content (AvgIpc) is 2.87. The van der Waals surface area contributed by atoms with Crippen molar-refractivity contribution < 1.29 is 4.79 Å². The molecule has 0 aromatic carbocycles. The number of nitrogens with zero attached hydrogens (tertiary/aromatic N) is 3. The van der Waals surface area contributed by atoms with Crippen LogP contribution >= 0.6 is 24.0 Å². The molecule has 0 saturated carbocycles. The number of thioether (sulfide) groups is 1. The second kappa shape index (κ2) is 7.43. The molecule has 1 aliphatic heterocycles. The van der Waals surface area contributed by atoms with Crippen LogP contribution in [0.5, 0.6) is 0 Å². The van der Waals surface area contributed by atoms with E-state index in [1.807, 2.05) is 19.9 Å². The third-order valence-corrected chi connectivity index (χ3v) is 5.27. The van der Waals surface area contributed by atoms with E-state index in [0.29, 0.717) is 39.3 Å². The van der Waals surface area contributed by atoms with Gasteiger partial charge in [0.05, 0.1) is 10.5 Å². The normalized spacial score (nSPS) is 15.9. The lowest BCUT2D eigenvalue weighted by atomic mass is 10.2. The van der Waals surface area contributed by atoms with Crippen LogP contribution in [0.25, 0.3) is 11.7 Å². The Morgan fingerprint density at radius 1 is 1.42 bits per heavy atom. The quantitative estimate of drug-likeness (QED) is 0.484. The van der Waals surface area contributed by atoms with E-state index < -0.39 is 0 Å². The van der Waals surface area contributed by atoms with Crippen LogP contribution in [-0.4, -0.2) is 37.6 Å². The zero-order chi connectivity index (χ0) is 18.8. The highest BCUT2D eigenvalue weighted by atomic mass is 32.2. The molecule has 8 heteroatoms. The number of carbonyl (C=O) groups is 1. The predicted molar refractivity (Wildman–Crippen MR) is 110 cm³/mol. The highest BCUT2D eigenvalue weighted by Gasteiger charge is 2.31. The Morgan fingerprint density at radius 3 is 2.88 bits per heavy atom. The largest absolute Gasteiger partial charge is 0.370 e. The molecule has 6 nitrogen and oxygen atoms in total. The van der Waals surface area contributed by atoms with Crippen molar-refractivity contribution in [1.82, 2.24) is 14.3 Å². The average molecular weight is 387 g/mol. The lowest BCUT2D eigenvalue weighted by molar-refractivity contribution is -0.121. The summed E-state index contributed by atoms with van der Waals surface area (Å²) in [6.07, 6.45) is 4.87. The molecule has 2 aromatic heterocycles. The fourth-order valence-corrected chi connectivity index (χ4v) is 3.92. The molecule has 0 unspecified atom stereocenters. The third kappa shape index (κ3) is 3.17. The Balaban J connectivity index is 2.18. The zero-order valence-corrected chi connectivity index (χ0v) is 16.1. The van der Waals surface area contributed by atoms with E-state index in [2.05, 4.69) is 16.9 Å². The van der Waals surface area contributed by atoms with Crippen molar-refractivity contribution in [3.05, 3.63) is 57.4 Å². The Morgan fingerprint density at radius 2 is 2.19 bits per heavy atom. The van der Waals surface area contributed by atoms with Gasteiger partial charge in [0.2, 0.25) is 0 Å². The van der Waals surface area contributed by atoms with E-state index in [4.69, 9.17) is 12.2 Å². The van der Waals surface area contributed by atoms with Crippen LogP contribution in [0, 0.1) is 6.92 Å². The van der Waals surface area contributed by atoms with Crippen molar-refractivity contribution in [1.29, 1.82) is 0 Å². The standard InChI is InChI=1S/C18H18N4O2S2/c1-4-8-22-17(24)13(26-18(22)25)10-12-14(19-5-2)20-15-11(3)7-6-9-21(15)16(12)23/h4,6-7,9-10,19H,1,5,8H2,2-3H3. The van der Waals surface area contributed by atoms with E-state index in [0.717, 1.165) is 5.56 Å². The Kier molecular flexibility index (Phi) is 5.24. The minimum absolute atomic E-state index is 0.226. The summed E-state index contributed by atoms with van der Waals surface area (Å²) < 4.78 is 1.95. The maximum absolute atomic E-state index is 13.0. The van der Waals surface area contributed by atoms with Crippen molar-refractivity contribution in [3.8, 4) is 0 Å². The molecule has 1 saturated heterocycles. The van der Waals surface area contributed by atoms with Crippen LogP contribution in [-0.2, 0) is 4.79 Å². The Hall–Kier alpha value is -2.45. The summed E-state index contributed by atoms with van der Waals surface area (Å²) in [5.41, 5.74) is 1.59. The zero-order valence-electron chi connectivity index (χ0n) is 14.5. The lowest BCUT2D eigenvalue weighted by Crippen LogP contribution is -2.28. The molecule has 1 amide bonds. The fourth-order valence-electron chi connectivity index (χ4n) is 2.66. The minimum atomic E-state index is -0.233. The van der Waals surface area contributed by atoms with Crippen LogP contribution in [0.3, 0.4) is 0 Å². The molecule has 134 valence electrons. The summed E-state index contributed by atoms with van der Waals surface area (Å²) in [7, 11) is 0. The Labute approximate surface area is 160 Å². The first kappa shape index (κ1) is 18.3. The van der Waals surface area contributed by atoms with Crippen LogP contribution in [0.4, 0.5) is 5.82 Å². The molecular formula is C18H18N4O2S2. The number of hydrogen-bond acceptors (Lipinski definition) is 6. The number of nitrogens with one attached hydrogen (secondary N) is 1. The number of aromatic nitrogens is 2. The highest BCUT2D eigenvalue weighted by Crippen LogP contribution is 2.32. The number of hydrogen-bond donors (Lipinski definition) is 1. The number of anilines is 1. The van der Waals surface area contributed by atoms with Gasteiger partial charge in [-0.1, -0.05) is 36.1 Å². The van der Waals surface area contributed by atoms with E-state index in [1.54, 1.807) is 24.4 Å². The van der Waals surface area contributed by atoms with E-state index in [-0.39, 0.29) is 11.5 Å². The number of carbonyl (C=O) groups excluding carboxylic acids is 1. The minimum Gasteiger partial charge on any atom is -0.370 e. The first-order valence-corrected chi connectivity index (χ1v) is 9.32. The van der Waals surface area contributed by atoms with Crippen molar-refractivity contribution >= 4 is 51.7 Å². The molecule has 26 heavy (non-hydrogen) atoms. The van der Waals surface area contributed by atoms with Crippen LogP contribution < -0.4 is 10.9 Å². The van der Waals surface area contributed by atoms with Gasteiger partial charge in [-0.3, -0.25) is 18.9 Å². The van der Waals surface area contributed by atoms with E-state index in [1.165, 1.54) is 21.1 Å². The molecule has 1 fully saturated rings. The molecule has 2 aromatic rings. The van der Waals surface area contributed by atoms with Crippen molar-refractivity contribution in [2.75, 3.05) is 18.4 Å². The second-order valence-corrected chi connectivity index (χ2v) is 7.35. The molecular weight excluding hydrogens is 368 g/mol. The van der Waals surface area contributed by atoms with Gasteiger partial charge >= 0.3 is 0 Å². The SMILES string of the molecule is C=CCN1C(=O)C(=Cc2c(NCC)nc3c(C)cccn3c2=O)SC1=S. The number of rotatable bonds is 5. The number of aryl methyl sites for hydroxylation is 1. The van der Waals surface area contributed by atoms with Gasteiger partial charge in [-0.05, 0) is 31.6 Å². The molecule has 0 atom stereocenters. The summed E-state index contributed by atoms with van der Waals surface area (Å²) in [6, 6.07) is 3.70. The monoisotopic (exact) mass is 386 g/mol. The van der Waals surface area contributed by atoms with Gasteiger partial charge in [0, 0.05) is 19.3 Å². The summed E-state index contributed by atoms with van der Waals surface area (Å²) in [5, 5.41) is 3.12. The van der Waals surface area contributed by atoms with Crippen LogP contribution in [0.1, 0.15) is 18.1 Å². The number of pyridine rings is 1. The summed E-state index contributed by atoms with van der Waals surface area (Å²) >= 11 is 6.43. The summed E-state index contributed by atoms with van der Waals surface area (Å²) in [5.74, 6) is 0.233. The third-order valence-electron chi connectivity index (χ3n) is 3.89. The lowest BCUT2D eigenvalue weighted by Gasteiger charge is -2.11. The first-order chi connectivity index (χ1) is 12.5. The predicted octanol–water partition coefficient (Wildman–Crippen LogP) is 2.82. The van der Waals surface area contributed by atoms with Gasteiger partial charge in [0.1, 0.15) is 15.8 Å². The molecule has 0 spiro atoms. The van der Waals surface area contributed by atoms with E-state index >= 15 is 0 Å². The summed E-state index contributed by atoms with van der Waals surface area (Å²) in [6.45, 7) is 8.41. The van der Waals surface area contributed by atoms with Gasteiger partial charge in [0.15, 0.2) is 0 Å². The number of amides is 1. The van der Waals surface area contributed by atoms with Crippen LogP contribution in [0.2, 0.25) is 0 Å². The molecule has 1 aliphatic rings. The second-order valence-electron chi connectivity index (χ2n) is 5.68. The maximum atomic E-state index is 13.0. The summed E-state index contributed by atoms with van der Waals surface area (Å²) in [4.78, 5) is 32.0. The van der Waals surface area contributed by atoms with Crippen molar-refractivity contribution in [3.63, 3.8) is 0 Å². The van der Waals surface area contributed by atoms with Gasteiger partial charge in [-0.2, -0.15) is 0 Å². The molecule has 3 heterocycles. The topological polar surface area (TPSA) is 66.7 Å². The van der Waals surface area contributed by atoms with Gasteiger partial charge < -0.3 is 5.32 Å². The smallest absolute Gasteiger partial charge is 0.267 e. The number of thiocarbonyl (C=S) groups is 1. The highest BCUT2D eigenvalue weighted by molar-refractivity contribution is 8.26. The number of fused-ring (bicyclic) bond motifs is 1. The molecule has 0 radical (unpaired) electrons. The molecule has 0 aliphatic carbocycles. The van der Waals surface area contributed by atoms with Crippen molar-refractivity contribution in [2.24, 2.45) is 0 Å². The molecule has 1 N–H and O–H groups in total. The molecule has 3 rings (SSSR count). The Bertz CT molecular complexity index is 1010. The van der Waals surface area contributed by atoms with E-state index in [9.17, 15) is 9.59 Å². The first-order valence-electron chi connectivity index (χ1n) is 8.10. The van der Waals surface area contributed by atoms with Crippen molar-refractivity contribution in [2.45, 2.75) is 13.8 Å². The maximum Gasteiger partial charge on any atom is 0.267 e. The fraction of sp³-hybridized carbons (Fsp3) is 0.222. The van der Waals surface area contributed by atoms with Crippen LogP contribution in [0.15, 0.2) is 40.7 Å². The molecule has 0 bridgehead atoms. The van der Waals surface area contributed by atoms with Gasteiger partial charge in [-0.15, -0.1) is 6.58 Å². The van der Waals surface area contributed by atoms with Gasteiger partial charge in [0.25, 0.3) is 11.5 Å². The van der Waals surface area contributed by atoms with Gasteiger partial charge in [-0.25, -0.2) is 4.98 Å².